The topological polar surface area (TPSA) is 88.0 Å². The van der Waals surface area contributed by atoms with E-state index >= 15 is 0 Å². The minimum atomic E-state index is -0.805. The zero-order valence-electron chi connectivity index (χ0n) is 10.3. The summed E-state index contributed by atoms with van der Waals surface area (Å²) in [6.07, 6.45) is 2.77. The molecule has 1 aliphatic rings. The Bertz CT molecular complexity index is 625. The Labute approximate surface area is 109 Å². The highest BCUT2D eigenvalue weighted by Gasteiger charge is 2.39. The molecule has 1 aromatic heterocycles. The summed E-state index contributed by atoms with van der Waals surface area (Å²) in [5.41, 5.74) is 1.08. The molecule has 19 heavy (non-hydrogen) atoms. The van der Waals surface area contributed by atoms with Crippen molar-refractivity contribution in [3.63, 3.8) is 0 Å². The number of fused-ring (bicyclic) bond motifs is 1. The first-order valence-electron chi connectivity index (χ1n) is 6.26. The summed E-state index contributed by atoms with van der Waals surface area (Å²) in [6.45, 7) is 0. The van der Waals surface area contributed by atoms with Crippen LogP contribution in [0.1, 0.15) is 25.7 Å². The normalized spacial score (nSPS) is 16.8. The molecular weight excluding hydrogens is 244 g/mol. The van der Waals surface area contributed by atoms with Crippen molar-refractivity contribution in [1.82, 2.24) is 15.2 Å². The van der Waals surface area contributed by atoms with E-state index in [1.165, 1.54) is 0 Å². The number of anilines is 1. The van der Waals surface area contributed by atoms with Crippen molar-refractivity contribution in [2.75, 3.05) is 5.32 Å². The van der Waals surface area contributed by atoms with Gasteiger partial charge in [0.1, 0.15) is 5.52 Å². The smallest absolute Gasteiger partial charge is 0.305 e. The second-order valence-electron chi connectivity index (χ2n) is 4.95. The molecule has 1 saturated carbocycles. The zero-order chi connectivity index (χ0) is 13.3. The Morgan fingerprint density at radius 3 is 2.63 bits per heavy atom. The van der Waals surface area contributed by atoms with E-state index in [0.29, 0.717) is 5.95 Å². The lowest BCUT2D eigenvalue weighted by atomic mass is 9.74. The number of rotatable bonds is 4. The van der Waals surface area contributed by atoms with Crippen molar-refractivity contribution in [2.24, 2.45) is 0 Å². The molecule has 3 rings (SSSR count). The Kier molecular flexibility index (Phi) is 2.77. The van der Waals surface area contributed by atoms with E-state index in [9.17, 15) is 4.79 Å². The van der Waals surface area contributed by atoms with Crippen LogP contribution >= 0.6 is 0 Å². The van der Waals surface area contributed by atoms with Gasteiger partial charge in [-0.05, 0) is 31.4 Å². The summed E-state index contributed by atoms with van der Waals surface area (Å²) in [6, 6.07) is 7.47. The van der Waals surface area contributed by atoms with Gasteiger partial charge in [0.25, 0.3) is 0 Å². The summed E-state index contributed by atoms with van der Waals surface area (Å²) < 4.78 is 0. The maximum atomic E-state index is 10.9. The molecule has 1 fully saturated rings. The molecule has 98 valence electrons. The van der Waals surface area contributed by atoms with Crippen LogP contribution in [-0.2, 0) is 4.79 Å². The van der Waals surface area contributed by atoms with Gasteiger partial charge < -0.3 is 10.4 Å². The number of aliphatic carboxylic acids is 1. The molecule has 2 aromatic rings. The quantitative estimate of drug-likeness (QED) is 0.869. The number of nitrogens with one attached hydrogen (secondary N) is 1. The Hall–Kier alpha value is -2.24. The lowest BCUT2D eigenvalue weighted by Gasteiger charge is -2.41. The SMILES string of the molecule is O=C(O)CC1(Nc2nnc3ccccc3n2)CCC1. The van der Waals surface area contributed by atoms with Gasteiger partial charge in [-0.25, -0.2) is 4.98 Å². The summed E-state index contributed by atoms with van der Waals surface area (Å²) in [4.78, 5) is 15.3. The minimum Gasteiger partial charge on any atom is -0.481 e. The maximum Gasteiger partial charge on any atom is 0.305 e. The van der Waals surface area contributed by atoms with E-state index in [2.05, 4.69) is 20.5 Å². The van der Waals surface area contributed by atoms with Crippen LogP contribution in [0.2, 0.25) is 0 Å². The third-order valence-electron chi connectivity index (χ3n) is 3.54. The van der Waals surface area contributed by atoms with Crippen LogP contribution in [-0.4, -0.2) is 31.8 Å². The molecule has 0 bridgehead atoms. The first-order chi connectivity index (χ1) is 9.17. The van der Waals surface area contributed by atoms with Gasteiger partial charge in [0.2, 0.25) is 5.95 Å². The first kappa shape index (κ1) is 11.8. The fourth-order valence-electron chi connectivity index (χ4n) is 2.41. The van der Waals surface area contributed by atoms with Gasteiger partial charge in [0.15, 0.2) is 0 Å². The van der Waals surface area contributed by atoms with E-state index in [1.54, 1.807) is 0 Å². The van der Waals surface area contributed by atoms with Crippen molar-refractivity contribution in [2.45, 2.75) is 31.2 Å². The van der Waals surface area contributed by atoms with Gasteiger partial charge in [-0.1, -0.05) is 12.1 Å². The molecule has 1 heterocycles. The average Bonchev–Trinajstić information content (AvgIpc) is 2.35. The Morgan fingerprint density at radius 1 is 1.26 bits per heavy atom. The number of carbonyl (C=O) groups is 1. The highest BCUT2D eigenvalue weighted by molar-refractivity contribution is 5.74. The number of hydrogen-bond acceptors (Lipinski definition) is 5. The van der Waals surface area contributed by atoms with Crippen LogP contribution in [0.5, 0.6) is 0 Å². The molecule has 2 N–H and O–H groups in total. The van der Waals surface area contributed by atoms with Gasteiger partial charge >= 0.3 is 5.97 Å². The molecule has 6 nitrogen and oxygen atoms in total. The van der Waals surface area contributed by atoms with Gasteiger partial charge in [0, 0.05) is 0 Å². The molecule has 6 heteroatoms. The zero-order valence-corrected chi connectivity index (χ0v) is 10.3. The van der Waals surface area contributed by atoms with Crippen LogP contribution in [0.4, 0.5) is 5.95 Å². The highest BCUT2D eigenvalue weighted by atomic mass is 16.4. The molecule has 0 saturated heterocycles. The number of hydrogen-bond donors (Lipinski definition) is 2. The fourth-order valence-corrected chi connectivity index (χ4v) is 2.41. The number of para-hydroxylation sites is 1. The highest BCUT2D eigenvalue weighted by Crippen LogP contribution is 2.37. The van der Waals surface area contributed by atoms with E-state index < -0.39 is 11.5 Å². The van der Waals surface area contributed by atoms with Crippen LogP contribution < -0.4 is 5.32 Å². The van der Waals surface area contributed by atoms with Crippen molar-refractivity contribution < 1.29 is 9.90 Å². The second kappa shape index (κ2) is 4.46. The summed E-state index contributed by atoms with van der Waals surface area (Å²) in [5, 5.41) is 20.2. The average molecular weight is 258 g/mol. The third-order valence-corrected chi connectivity index (χ3v) is 3.54. The monoisotopic (exact) mass is 258 g/mol. The largest absolute Gasteiger partial charge is 0.481 e. The van der Waals surface area contributed by atoms with E-state index in [0.717, 1.165) is 30.3 Å². The van der Waals surface area contributed by atoms with Gasteiger partial charge in [-0.3, -0.25) is 4.79 Å². The molecule has 0 amide bonds. The van der Waals surface area contributed by atoms with Crippen molar-refractivity contribution >= 4 is 23.0 Å². The Balaban J connectivity index is 1.86. The summed E-state index contributed by atoms with van der Waals surface area (Å²) in [7, 11) is 0. The minimum absolute atomic E-state index is 0.0865. The van der Waals surface area contributed by atoms with Crippen molar-refractivity contribution in [3.05, 3.63) is 24.3 Å². The van der Waals surface area contributed by atoms with Crippen LogP contribution in [0.3, 0.4) is 0 Å². The molecule has 0 atom stereocenters. The standard InChI is InChI=1S/C13H14N4O2/c18-11(19)8-13(6-3-7-13)15-12-14-9-4-1-2-5-10(9)16-17-12/h1-2,4-5H,3,6-8H2,(H,18,19)(H,14,15,17). The van der Waals surface area contributed by atoms with Gasteiger partial charge in [-0.2, -0.15) is 0 Å². The summed E-state index contributed by atoms with van der Waals surface area (Å²) >= 11 is 0. The van der Waals surface area contributed by atoms with Gasteiger partial charge in [0.05, 0.1) is 17.5 Å². The molecule has 0 spiro atoms. The molecule has 0 radical (unpaired) electrons. The Morgan fingerprint density at radius 2 is 2.00 bits per heavy atom. The maximum absolute atomic E-state index is 10.9. The number of aromatic nitrogens is 3. The van der Waals surface area contributed by atoms with Crippen LogP contribution in [0, 0.1) is 0 Å². The number of carboxylic acid groups (broad SMARTS) is 1. The van der Waals surface area contributed by atoms with Gasteiger partial charge in [-0.15, -0.1) is 10.2 Å². The predicted octanol–water partition coefficient (Wildman–Crippen LogP) is 1.83. The van der Waals surface area contributed by atoms with Crippen molar-refractivity contribution in [1.29, 1.82) is 0 Å². The molecule has 0 aliphatic heterocycles. The number of nitrogens with zero attached hydrogens (tertiary/aromatic N) is 3. The second-order valence-corrected chi connectivity index (χ2v) is 4.95. The van der Waals surface area contributed by atoms with Crippen molar-refractivity contribution in [3.8, 4) is 0 Å². The molecule has 1 aliphatic carbocycles. The lowest BCUT2D eigenvalue weighted by Crippen LogP contribution is -2.47. The molecule has 1 aromatic carbocycles. The van der Waals surface area contributed by atoms with Crippen LogP contribution in [0.15, 0.2) is 24.3 Å². The number of benzene rings is 1. The lowest BCUT2D eigenvalue weighted by molar-refractivity contribution is -0.138. The van der Waals surface area contributed by atoms with E-state index in [1.807, 2.05) is 24.3 Å². The third kappa shape index (κ3) is 2.33. The molecule has 0 unspecified atom stereocenters. The molecular formula is C13H14N4O2. The summed E-state index contributed by atoms with van der Waals surface area (Å²) in [5.74, 6) is -0.402. The van der Waals surface area contributed by atoms with E-state index in [-0.39, 0.29) is 6.42 Å². The predicted molar refractivity (Wildman–Crippen MR) is 69.8 cm³/mol. The fraction of sp³-hybridized carbons (Fsp3) is 0.385. The number of carboxylic acids is 1. The first-order valence-corrected chi connectivity index (χ1v) is 6.26. The van der Waals surface area contributed by atoms with E-state index in [4.69, 9.17) is 5.11 Å². The van der Waals surface area contributed by atoms with Crippen LogP contribution in [0.25, 0.3) is 11.0 Å².